The summed E-state index contributed by atoms with van der Waals surface area (Å²) in [5, 5.41) is 53.0. The van der Waals surface area contributed by atoms with Gasteiger partial charge in [-0.3, -0.25) is 8.98 Å². The molecule has 42 heavy (non-hydrogen) atoms. The number of ether oxygens (including phenoxy) is 1. The molecule has 2 unspecified atom stereocenters. The molecule has 6 atom stereocenters. The topological polar surface area (TPSA) is 232 Å². The van der Waals surface area contributed by atoms with Gasteiger partial charge in [-0.05, 0) is 54.0 Å². The highest BCUT2D eigenvalue weighted by Crippen LogP contribution is 2.24. The third-order valence-electron chi connectivity index (χ3n) is 6.49. The molecule has 0 aliphatic carbocycles. The number of hydrogen-bond acceptors (Lipinski definition) is 13. The van der Waals surface area contributed by atoms with Crippen LogP contribution in [0.4, 0.5) is 0 Å². The second-order valence-electron chi connectivity index (χ2n) is 9.67. The summed E-state index contributed by atoms with van der Waals surface area (Å²) in [5.41, 5.74) is 6.35. The van der Waals surface area contributed by atoms with Crippen molar-refractivity contribution in [3.8, 4) is 22.9 Å². The number of aliphatic hydroxyl groups excluding tert-OH is 4. The molecule has 2 aromatic carbocycles. The first-order valence-electron chi connectivity index (χ1n) is 13.2. The Morgan fingerprint density at radius 1 is 1.00 bits per heavy atom. The van der Waals surface area contributed by atoms with Gasteiger partial charge in [0.2, 0.25) is 5.82 Å². The summed E-state index contributed by atoms with van der Waals surface area (Å²) >= 11 is 0. The van der Waals surface area contributed by atoms with Gasteiger partial charge in [-0.1, -0.05) is 38.5 Å². The molecule has 0 fully saturated rings. The van der Waals surface area contributed by atoms with Crippen LogP contribution in [0.1, 0.15) is 26.7 Å². The minimum Gasteiger partial charge on any atom is -0.457 e. The molecule has 0 saturated heterocycles. The number of carbonyl (C=O) groups is 1. The summed E-state index contributed by atoms with van der Waals surface area (Å²) < 4.78 is 35.9. The molecule has 1 aromatic heterocycles. The van der Waals surface area contributed by atoms with E-state index in [0.29, 0.717) is 29.3 Å². The van der Waals surface area contributed by atoms with Gasteiger partial charge < -0.3 is 30.9 Å². The monoisotopic (exact) mass is 608 g/mol. The van der Waals surface area contributed by atoms with Crippen LogP contribution < -0.4 is 15.2 Å². The van der Waals surface area contributed by atoms with Crippen LogP contribution in [0.2, 0.25) is 0 Å². The summed E-state index contributed by atoms with van der Waals surface area (Å²) in [7, 11) is -4.65. The number of aryl methyl sites for hydroxylation is 1. The lowest BCUT2D eigenvalue weighted by Crippen LogP contribution is -2.49. The molecule has 0 aliphatic rings. The van der Waals surface area contributed by atoms with Gasteiger partial charge >= 0.3 is 10.3 Å². The molecule has 230 valence electrons. The van der Waals surface area contributed by atoms with Crippen LogP contribution in [-0.4, -0.2) is 92.0 Å². The van der Waals surface area contributed by atoms with E-state index in [1.807, 2.05) is 30.3 Å². The number of nitrogens with zero attached hydrogens (tertiary/aromatic N) is 4. The fraction of sp³-hybridized carbons (Fsp3) is 0.462. The molecule has 0 radical (unpaired) electrons. The molecule has 3 aromatic rings. The molecule has 0 aliphatic heterocycles. The standard InChI is InChI=1S/C26H36N6O9S/c1-3-16(2)22(27)26(37)30-42(38,39)40-15-21(34)24(36)23(35)20(33)13-14-32-29-25(28-31-32)17-9-11-19(12-10-17)41-18-7-5-4-6-8-18/h4-12,16,20-24,33-36H,3,13-15,27H2,1-2H3,(H,30,37)/t16?,20-,21+,22?,23-,24+/m0/s1. The van der Waals surface area contributed by atoms with Crippen molar-refractivity contribution in [3.05, 3.63) is 54.6 Å². The first-order valence-corrected chi connectivity index (χ1v) is 14.6. The van der Waals surface area contributed by atoms with E-state index in [1.165, 1.54) is 4.80 Å². The highest BCUT2D eigenvalue weighted by molar-refractivity contribution is 7.85. The Morgan fingerprint density at radius 2 is 1.62 bits per heavy atom. The minimum absolute atomic E-state index is 0.00338. The molecular formula is C26H36N6O9S. The summed E-state index contributed by atoms with van der Waals surface area (Å²) in [6, 6.07) is 15.2. The number of amides is 1. The molecule has 1 heterocycles. The zero-order chi connectivity index (χ0) is 30.9. The van der Waals surface area contributed by atoms with Gasteiger partial charge in [0.15, 0.2) is 0 Å². The maximum absolute atomic E-state index is 12.0. The van der Waals surface area contributed by atoms with Crippen molar-refractivity contribution in [2.75, 3.05) is 6.61 Å². The lowest BCUT2D eigenvalue weighted by atomic mass is 10.00. The predicted octanol–water partition coefficient (Wildman–Crippen LogP) is -0.283. The lowest BCUT2D eigenvalue weighted by molar-refractivity contribution is -0.122. The maximum atomic E-state index is 12.0. The Hall–Kier alpha value is -3.51. The zero-order valence-electron chi connectivity index (χ0n) is 23.1. The normalized spacial score (nSPS) is 16.2. The predicted molar refractivity (Wildman–Crippen MR) is 149 cm³/mol. The smallest absolute Gasteiger partial charge is 0.362 e. The van der Waals surface area contributed by atoms with Crippen LogP contribution in [-0.2, 0) is 25.8 Å². The molecule has 16 heteroatoms. The van der Waals surface area contributed by atoms with E-state index in [0.717, 1.165) is 0 Å². The second-order valence-corrected chi connectivity index (χ2v) is 11.0. The van der Waals surface area contributed by atoms with Crippen molar-refractivity contribution >= 4 is 16.2 Å². The first kappa shape index (κ1) is 33.0. The number of aromatic nitrogens is 4. The summed E-state index contributed by atoms with van der Waals surface area (Å²) in [6.45, 7) is 2.44. The zero-order valence-corrected chi connectivity index (χ0v) is 23.9. The van der Waals surface area contributed by atoms with Crippen LogP contribution in [0.5, 0.6) is 11.5 Å². The third kappa shape index (κ3) is 9.52. The lowest BCUT2D eigenvalue weighted by Gasteiger charge is -2.26. The van der Waals surface area contributed by atoms with Gasteiger partial charge in [0.05, 0.1) is 25.3 Å². The van der Waals surface area contributed by atoms with Crippen molar-refractivity contribution in [3.63, 3.8) is 0 Å². The molecule has 0 saturated carbocycles. The highest BCUT2D eigenvalue weighted by Gasteiger charge is 2.32. The number of hydrogen-bond donors (Lipinski definition) is 6. The molecular weight excluding hydrogens is 572 g/mol. The molecule has 15 nitrogen and oxygen atoms in total. The first-order chi connectivity index (χ1) is 19.9. The van der Waals surface area contributed by atoms with Gasteiger partial charge in [-0.25, -0.2) is 4.72 Å². The van der Waals surface area contributed by atoms with Gasteiger partial charge in [-0.15, -0.1) is 10.2 Å². The van der Waals surface area contributed by atoms with Crippen molar-refractivity contribution < 1.29 is 42.6 Å². The molecule has 0 bridgehead atoms. The number of rotatable bonds is 16. The number of aliphatic hydroxyl groups is 4. The van der Waals surface area contributed by atoms with E-state index in [-0.39, 0.29) is 18.9 Å². The quantitative estimate of drug-likeness (QED) is 0.123. The van der Waals surface area contributed by atoms with Crippen LogP contribution in [0.3, 0.4) is 0 Å². The van der Waals surface area contributed by atoms with E-state index >= 15 is 0 Å². The van der Waals surface area contributed by atoms with E-state index < -0.39 is 53.3 Å². The van der Waals surface area contributed by atoms with Crippen LogP contribution in [0, 0.1) is 5.92 Å². The highest BCUT2D eigenvalue weighted by atomic mass is 32.2. The van der Waals surface area contributed by atoms with Gasteiger partial charge in [0, 0.05) is 5.56 Å². The van der Waals surface area contributed by atoms with Crippen molar-refractivity contribution in [2.24, 2.45) is 11.7 Å². The Balaban J connectivity index is 1.46. The Kier molecular flexibility index (Phi) is 11.9. The number of para-hydroxylation sites is 1. The van der Waals surface area contributed by atoms with E-state index in [1.54, 1.807) is 42.8 Å². The Labute approximate surface area is 243 Å². The summed E-state index contributed by atoms with van der Waals surface area (Å²) in [6.07, 6.45) is -6.94. The van der Waals surface area contributed by atoms with Crippen LogP contribution in [0.25, 0.3) is 11.4 Å². The van der Waals surface area contributed by atoms with E-state index in [2.05, 4.69) is 19.6 Å². The molecule has 3 rings (SSSR count). The SMILES string of the molecule is CCC(C)C(N)C(=O)NS(=O)(=O)OC[C@@H](O)[C@@H](O)[C@@H](O)[C@@H](O)CCn1nnc(-c2ccc(Oc3ccccc3)cc2)n1. The van der Waals surface area contributed by atoms with E-state index in [4.69, 9.17) is 10.5 Å². The van der Waals surface area contributed by atoms with E-state index in [9.17, 15) is 33.6 Å². The molecule has 0 spiro atoms. The van der Waals surface area contributed by atoms with Gasteiger partial charge in [0.25, 0.3) is 5.91 Å². The van der Waals surface area contributed by atoms with Gasteiger partial charge in [-0.2, -0.15) is 13.2 Å². The fourth-order valence-corrected chi connectivity index (χ4v) is 4.37. The van der Waals surface area contributed by atoms with Gasteiger partial charge in [0.1, 0.15) is 29.8 Å². The number of tetrazole rings is 1. The number of nitrogens with one attached hydrogen (secondary N) is 1. The Bertz CT molecular complexity index is 1370. The maximum Gasteiger partial charge on any atom is 0.362 e. The van der Waals surface area contributed by atoms with Crippen LogP contribution in [0.15, 0.2) is 54.6 Å². The summed E-state index contributed by atoms with van der Waals surface area (Å²) in [5.74, 6) is 0.330. The Morgan fingerprint density at radius 3 is 2.26 bits per heavy atom. The number of nitrogens with two attached hydrogens (primary N) is 1. The average molecular weight is 609 g/mol. The largest absolute Gasteiger partial charge is 0.457 e. The average Bonchev–Trinajstić information content (AvgIpc) is 3.46. The van der Waals surface area contributed by atoms with Crippen LogP contribution >= 0.6 is 0 Å². The number of carbonyl (C=O) groups excluding carboxylic acids is 1. The molecule has 7 N–H and O–H groups in total. The summed E-state index contributed by atoms with van der Waals surface area (Å²) in [4.78, 5) is 13.2. The van der Waals surface area contributed by atoms with Crippen molar-refractivity contribution in [2.45, 2.75) is 63.7 Å². The van der Waals surface area contributed by atoms with Crippen molar-refractivity contribution in [1.29, 1.82) is 0 Å². The molecule has 1 amide bonds. The fourth-order valence-electron chi connectivity index (χ4n) is 3.61. The third-order valence-corrected chi connectivity index (χ3v) is 7.38. The minimum atomic E-state index is -4.65. The van der Waals surface area contributed by atoms with Crippen molar-refractivity contribution in [1.82, 2.24) is 24.9 Å². The number of benzene rings is 2. The second kappa shape index (κ2) is 15.1.